The molecule has 19 heteroatoms. The highest BCUT2D eigenvalue weighted by Gasteiger charge is 2.32. The predicted molar refractivity (Wildman–Crippen MR) is 172 cm³/mol. The third-order valence-electron chi connectivity index (χ3n) is 6.86. The zero-order valence-corrected chi connectivity index (χ0v) is 27.5. The van der Waals surface area contributed by atoms with Crippen LogP contribution in [0.1, 0.15) is 45.6 Å². The van der Waals surface area contributed by atoms with Gasteiger partial charge in [0.05, 0.1) is 25.4 Å². The lowest BCUT2D eigenvalue weighted by Crippen LogP contribution is -2.59. The zero-order valence-electron chi connectivity index (χ0n) is 27.5. The van der Waals surface area contributed by atoms with Gasteiger partial charge >= 0.3 is 5.97 Å². The van der Waals surface area contributed by atoms with Crippen molar-refractivity contribution in [2.75, 3.05) is 19.7 Å². The molecule has 0 aliphatic rings. The SMILES string of the molecule is CC(NC(=O)C(CC(N)=O)NC(=O)C(Cc1ccc(O)cc1)NC(=O)C(N)CC(=O)O)C(=O)NC(C(=O)NCC(=O)NCCCO)C(C)C. The molecule has 1 aromatic carbocycles. The summed E-state index contributed by atoms with van der Waals surface area (Å²) in [4.78, 5) is 99.5. The number of rotatable bonds is 21. The summed E-state index contributed by atoms with van der Waals surface area (Å²) in [5.41, 5.74) is 11.4. The van der Waals surface area contributed by atoms with Gasteiger partial charge in [0, 0.05) is 19.6 Å². The van der Waals surface area contributed by atoms with Crippen LogP contribution in [0.2, 0.25) is 0 Å². The van der Waals surface area contributed by atoms with E-state index in [1.54, 1.807) is 13.8 Å². The first-order chi connectivity index (χ1) is 22.9. The Bertz CT molecular complexity index is 1340. The van der Waals surface area contributed by atoms with E-state index in [2.05, 4.69) is 31.9 Å². The Morgan fingerprint density at radius 3 is 1.90 bits per heavy atom. The second-order valence-electron chi connectivity index (χ2n) is 11.5. The Morgan fingerprint density at radius 2 is 1.35 bits per heavy atom. The van der Waals surface area contributed by atoms with Gasteiger partial charge in [0.15, 0.2) is 0 Å². The van der Waals surface area contributed by atoms with Gasteiger partial charge in [-0.05, 0) is 37.0 Å². The van der Waals surface area contributed by atoms with Crippen molar-refractivity contribution in [2.24, 2.45) is 17.4 Å². The Labute approximate surface area is 282 Å². The first kappa shape index (κ1) is 41.7. The van der Waals surface area contributed by atoms with E-state index in [4.69, 9.17) is 21.7 Å². The van der Waals surface area contributed by atoms with E-state index >= 15 is 0 Å². The number of aliphatic hydroxyl groups excluding tert-OH is 1. The van der Waals surface area contributed by atoms with Gasteiger partial charge in [-0.3, -0.25) is 38.4 Å². The maximum absolute atomic E-state index is 13.4. The van der Waals surface area contributed by atoms with E-state index in [9.17, 15) is 43.5 Å². The Kier molecular flexibility index (Phi) is 17.7. The monoisotopic (exact) mass is 694 g/mol. The number of carboxylic acid groups (broad SMARTS) is 1. The number of hydrogen-bond acceptors (Lipinski definition) is 11. The fourth-order valence-electron chi connectivity index (χ4n) is 4.16. The van der Waals surface area contributed by atoms with Crippen molar-refractivity contribution in [2.45, 2.75) is 76.7 Å². The van der Waals surface area contributed by atoms with Crippen LogP contribution in [0.3, 0.4) is 0 Å². The van der Waals surface area contributed by atoms with Crippen molar-refractivity contribution in [3.63, 3.8) is 0 Å². The highest BCUT2D eigenvalue weighted by Crippen LogP contribution is 2.12. The number of primary amides is 1. The van der Waals surface area contributed by atoms with Crippen molar-refractivity contribution < 1.29 is 53.7 Å². The van der Waals surface area contributed by atoms with Gasteiger partial charge in [-0.15, -0.1) is 0 Å². The van der Waals surface area contributed by atoms with Crippen LogP contribution in [0.5, 0.6) is 5.75 Å². The van der Waals surface area contributed by atoms with Crippen LogP contribution in [0.15, 0.2) is 24.3 Å². The van der Waals surface area contributed by atoms with Crippen LogP contribution >= 0.6 is 0 Å². The minimum Gasteiger partial charge on any atom is -0.508 e. The maximum Gasteiger partial charge on any atom is 0.305 e. The van der Waals surface area contributed by atoms with Gasteiger partial charge < -0.3 is 58.7 Å². The molecule has 0 bridgehead atoms. The highest BCUT2D eigenvalue weighted by atomic mass is 16.4. The highest BCUT2D eigenvalue weighted by molar-refractivity contribution is 5.98. The van der Waals surface area contributed by atoms with Crippen LogP contribution in [-0.2, 0) is 44.8 Å². The fourth-order valence-corrected chi connectivity index (χ4v) is 4.16. The molecule has 272 valence electrons. The van der Waals surface area contributed by atoms with Crippen LogP contribution in [0.25, 0.3) is 0 Å². The number of amides is 7. The number of aliphatic hydroxyl groups is 1. The molecule has 0 fully saturated rings. The van der Waals surface area contributed by atoms with Gasteiger partial charge in [-0.25, -0.2) is 0 Å². The third kappa shape index (κ3) is 15.9. The number of aromatic hydroxyl groups is 1. The molecule has 0 aliphatic heterocycles. The average Bonchev–Trinajstić information content (AvgIpc) is 3.01. The van der Waals surface area contributed by atoms with Crippen molar-refractivity contribution in [1.29, 1.82) is 0 Å². The molecule has 19 nitrogen and oxygen atoms in total. The van der Waals surface area contributed by atoms with Gasteiger partial charge in [-0.1, -0.05) is 26.0 Å². The van der Waals surface area contributed by atoms with Gasteiger partial charge in [-0.2, -0.15) is 0 Å². The van der Waals surface area contributed by atoms with E-state index in [0.717, 1.165) is 0 Å². The molecular formula is C30H46N8O11. The second kappa shape index (κ2) is 20.8. The lowest BCUT2D eigenvalue weighted by molar-refractivity contribution is -0.140. The average molecular weight is 695 g/mol. The maximum atomic E-state index is 13.4. The number of hydrogen-bond donors (Lipinski definition) is 11. The molecule has 0 radical (unpaired) electrons. The number of nitrogens with two attached hydrogens (primary N) is 2. The summed E-state index contributed by atoms with van der Waals surface area (Å²) in [6.45, 7) is 4.24. The Morgan fingerprint density at radius 1 is 0.755 bits per heavy atom. The molecule has 0 aromatic heterocycles. The van der Waals surface area contributed by atoms with Crippen molar-refractivity contribution >= 4 is 47.3 Å². The second-order valence-corrected chi connectivity index (χ2v) is 11.5. The van der Waals surface area contributed by atoms with E-state index in [1.807, 2.05) is 0 Å². The number of phenols is 1. The number of carbonyl (C=O) groups is 8. The largest absolute Gasteiger partial charge is 0.508 e. The lowest BCUT2D eigenvalue weighted by Gasteiger charge is -2.26. The van der Waals surface area contributed by atoms with Crippen molar-refractivity contribution in [1.82, 2.24) is 31.9 Å². The van der Waals surface area contributed by atoms with E-state index in [-0.39, 0.29) is 31.9 Å². The molecule has 0 aliphatic carbocycles. The zero-order chi connectivity index (χ0) is 37.3. The number of aliphatic carboxylic acids is 1. The molecule has 0 saturated carbocycles. The normalized spacial score (nSPS) is 13.8. The number of nitrogens with one attached hydrogen (secondary N) is 6. The lowest BCUT2D eigenvalue weighted by atomic mass is 10.0. The standard InChI is InChI=1S/C30H46N8O11/c1-15(2)25(30(49)34-14-23(42)33-9-4-10-39)38-26(45)16(3)35-28(47)21(13-22(32)41)37-29(48)20(11-17-5-7-18(40)8-6-17)36-27(46)19(31)12-24(43)44/h5-8,15-16,19-21,25,39-40H,4,9-14,31H2,1-3H3,(H2,32,41)(H,33,42)(H,34,49)(H,35,47)(H,36,46)(H,37,48)(H,38,45)(H,43,44). The molecule has 0 heterocycles. The topological polar surface area (TPSA) is 321 Å². The van der Waals surface area contributed by atoms with Crippen LogP contribution in [0.4, 0.5) is 0 Å². The summed E-state index contributed by atoms with van der Waals surface area (Å²) in [6, 6.07) is -1.48. The first-order valence-corrected chi connectivity index (χ1v) is 15.3. The molecule has 5 unspecified atom stereocenters. The van der Waals surface area contributed by atoms with E-state index in [0.29, 0.717) is 12.0 Å². The van der Waals surface area contributed by atoms with Crippen LogP contribution in [-0.4, -0.2) is 113 Å². The minimum absolute atomic E-state index is 0.0772. The van der Waals surface area contributed by atoms with Crippen LogP contribution in [0, 0.1) is 5.92 Å². The van der Waals surface area contributed by atoms with Gasteiger partial charge in [0.2, 0.25) is 41.4 Å². The quantitative estimate of drug-likeness (QED) is 0.0547. The molecule has 1 aromatic rings. The molecule has 0 spiro atoms. The molecule has 0 saturated heterocycles. The summed E-state index contributed by atoms with van der Waals surface area (Å²) >= 11 is 0. The van der Waals surface area contributed by atoms with E-state index < -0.39 is 96.3 Å². The molecule has 49 heavy (non-hydrogen) atoms. The molecule has 13 N–H and O–H groups in total. The molecule has 7 amide bonds. The number of carboxylic acids is 1. The molecule has 1 rings (SSSR count). The first-order valence-electron chi connectivity index (χ1n) is 15.3. The fraction of sp³-hybridized carbons (Fsp3) is 0.533. The smallest absolute Gasteiger partial charge is 0.305 e. The summed E-state index contributed by atoms with van der Waals surface area (Å²) in [7, 11) is 0. The predicted octanol–water partition coefficient (Wildman–Crippen LogP) is -4.16. The number of carbonyl (C=O) groups excluding carboxylic acids is 7. The summed E-state index contributed by atoms with van der Waals surface area (Å²) in [5, 5.41) is 41.7. The minimum atomic E-state index is -1.64. The molecular weight excluding hydrogens is 648 g/mol. The number of benzene rings is 1. The third-order valence-corrected chi connectivity index (χ3v) is 6.86. The van der Waals surface area contributed by atoms with Crippen molar-refractivity contribution in [3.8, 4) is 5.75 Å². The Balaban J connectivity index is 3.03. The number of phenolic OH excluding ortho intramolecular Hbond substituents is 1. The Hall–Kier alpha value is -5.30. The van der Waals surface area contributed by atoms with Crippen LogP contribution < -0.4 is 43.4 Å². The summed E-state index contributed by atoms with van der Waals surface area (Å²) < 4.78 is 0. The molecule has 5 atom stereocenters. The summed E-state index contributed by atoms with van der Waals surface area (Å²) in [5.74, 6) is -7.89. The summed E-state index contributed by atoms with van der Waals surface area (Å²) in [6.07, 6.45) is -1.34. The van der Waals surface area contributed by atoms with E-state index in [1.165, 1.54) is 31.2 Å². The van der Waals surface area contributed by atoms with Crippen molar-refractivity contribution in [3.05, 3.63) is 29.8 Å². The van der Waals surface area contributed by atoms with Gasteiger partial charge in [0.1, 0.15) is 29.9 Å². The van der Waals surface area contributed by atoms with Gasteiger partial charge in [0.25, 0.3) is 0 Å².